The second kappa shape index (κ2) is 6.94. The van der Waals surface area contributed by atoms with E-state index in [9.17, 15) is 9.18 Å². The molecule has 0 atom stereocenters. The van der Waals surface area contributed by atoms with Crippen molar-refractivity contribution in [3.63, 3.8) is 0 Å². The Hall–Kier alpha value is -3.03. The van der Waals surface area contributed by atoms with Gasteiger partial charge in [-0.2, -0.15) is 10.2 Å². The molecule has 0 spiro atoms. The molecule has 2 aromatic carbocycles. The first-order valence-electron chi connectivity index (χ1n) is 7.74. The molecule has 0 amide bonds. The van der Waals surface area contributed by atoms with Crippen LogP contribution >= 0.6 is 23.2 Å². The summed E-state index contributed by atoms with van der Waals surface area (Å²) in [5.74, 6) is -0.279. The average molecular weight is 402 g/mol. The minimum absolute atomic E-state index is 0.153. The van der Waals surface area contributed by atoms with Gasteiger partial charge in [-0.1, -0.05) is 23.2 Å². The van der Waals surface area contributed by atoms with Crippen molar-refractivity contribution in [2.45, 2.75) is 0 Å². The summed E-state index contributed by atoms with van der Waals surface area (Å²) in [5, 5.41) is 11.4. The van der Waals surface area contributed by atoms with Crippen molar-refractivity contribution in [2.75, 3.05) is 5.32 Å². The van der Waals surface area contributed by atoms with Crippen molar-refractivity contribution in [3.8, 4) is 5.69 Å². The average Bonchev–Trinajstić information content (AvgIpc) is 2.65. The fourth-order valence-corrected chi connectivity index (χ4v) is 3.00. The van der Waals surface area contributed by atoms with Crippen molar-refractivity contribution in [1.29, 1.82) is 0 Å². The molecule has 9 heteroatoms. The van der Waals surface area contributed by atoms with Crippen molar-refractivity contribution < 1.29 is 4.39 Å². The molecule has 0 fully saturated rings. The van der Waals surface area contributed by atoms with Crippen molar-refractivity contribution >= 4 is 45.7 Å². The largest absolute Gasteiger partial charge is 0.324 e. The molecule has 0 aliphatic rings. The molecule has 134 valence electrons. The standard InChI is InChI=1S/C18H10Cl2FN5O/c19-10-1-3-15-13(7-10)17(27)26(12-5-6-22-23-9-12)18(24-15)25-16-4-2-11(21)8-14(16)20/h1-9H,(H,24,25). The smallest absolute Gasteiger partial charge is 0.267 e. The molecule has 2 heterocycles. The van der Waals surface area contributed by atoms with Crippen LogP contribution in [0.4, 0.5) is 16.0 Å². The van der Waals surface area contributed by atoms with Crippen LogP contribution in [0.3, 0.4) is 0 Å². The Bertz CT molecular complexity index is 1210. The van der Waals surface area contributed by atoms with E-state index in [1.54, 1.807) is 24.3 Å². The van der Waals surface area contributed by atoms with Crippen LogP contribution in [0.1, 0.15) is 0 Å². The third-order valence-electron chi connectivity index (χ3n) is 3.83. The summed E-state index contributed by atoms with van der Waals surface area (Å²) in [7, 11) is 0. The van der Waals surface area contributed by atoms with Crippen LogP contribution in [-0.2, 0) is 0 Å². The predicted octanol–water partition coefficient (Wildman–Crippen LogP) is 4.37. The van der Waals surface area contributed by atoms with Crippen LogP contribution in [0, 0.1) is 5.82 Å². The number of hydrogen-bond acceptors (Lipinski definition) is 5. The lowest BCUT2D eigenvalue weighted by Gasteiger charge is -2.15. The Morgan fingerprint density at radius 2 is 1.89 bits per heavy atom. The Morgan fingerprint density at radius 3 is 2.63 bits per heavy atom. The summed E-state index contributed by atoms with van der Waals surface area (Å²) in [6.07, 6.45) is 2.88. The zero-order chi connectivity index (χ0) is 19.0. The topological polar surface area (TPSA) is 72.7 Å². The van der Waals surface area contributed by atoms with Gasteiger partial charge in [-0.15, -0.1) is 0 Å². The number of anilines is 2. The highest BCUT2D eigenvalue weighted by Gasteiger charge is 2.15. The number of benzene rings is 2. The normalized spacial score (nSPS) is 10.9. The minimum atomic E-state index is -0.470. The number of aromatic nitrogens is 4. The third kappa shape index (κ3) is 3.34. The van der Waals surface area contributed by atoms with Gasteiger partial charge in [0.2, 0.25) is 5.95 Å². The van der Waals surface area contributed by atoms with E-state index in [0.717, 1.165) is 0 Å². The highest BCUT2D eigenvalue weighted by molar-refractivity contribution is 6.33. The molecule has 2 aromatic heterocycles. The van der Waals surface area contributed by atoms with Gasteiger partial charge in [0.25, 0.3) is 5.56 Å². The Kier molecular flexibility index (Phi) is 4.47. The molecule has 4 rings (SSSR count). The molecule has 0 unspecified atom stereocenters. The Balaban J connectivity index is 1.98. The van der Waals surface area contributed by atoms with Gasteiger partial charge in [0.15, 0.2) is 0 Å². The van der Waals surface area contributed by atoms with E-state index < -0.39 is 5.82 Å². The second-order valence-electron chi connectivity index (χ2n) is 5.59. The number of halogens is 3. The lowest BCUT2D eigenvalue weighted by Crippen LogP contribution is -2.23. The van der Waals surface area contributed by atoms with Crippen LogP contribution in [0.25, 0.3) is 16.6 Å². The fraction of sp³-hybridized carbons (Fsp3) is 0. The summed E-state index contributed by atoms with van der Waals surface area (Å²) < 4.78 is 14.7. The first-order valence-corrected chi connectivity index (χ1v) is 8.50. The minimum Gasteiger partial charge on any atom is -0.324 e. The van der Waals surface area contributed by atoms with Crippen LogP contribution in [0.5, 0.6) is 0 Å². The molecular weight excluding hydrogens is 392 g/mol. The number of fused-ring (bicyclic) bond motifs is 1. The molecule has 0 saturated carbocycles. The summed E-state index contributed by atoms with van der Waals surface area (Å²) in [6.45, 7) is 0. The van der Waals surface area contributed by atoms with Crippen molar-refractivity contribution in [1.82, 2.24) is 19.7 Å². The van der Waals surface area contributed by atoms with E-state index in [2.05, 4.69) is 20.5 Å². The lowest BCUT2D eigenvalue weighted by atomic mass is 10.2. The second-order valence-corrected chi connectivity index (χ2v) is 6.43. The first kappa shape index (κ1) is 17.4. The van der Waals surface area contributed by atoms with E-state index in [0.29, 0.717) is 27.3 Å². The summed E-state index contributed by atoms with van der Waals surface area (Å²) in [6, 6.07) is 10.3. The number of rotatable bonds is 3. The molecule has 0 radical (unpaired) electrons. The van der Waals surface area contributed by atoms with Gasteiger partial charge < -0.3 is 5.32 Å². The fourth-order valence-electron chi connectivity index (χ4n) is 2.61. The van der Waals surface area contributed by atoms with Gasteiger partial charge in [0.1, 0.15) is 5.82 Å². The molecule has 4 aromatic rings. The number of hydrogen-bond donors (Lipinski definition) is 1. The molecule has 0 aliphatic heterocycles. The quantitative estimate of drug-likeness (QED) is 0.551. The van der Waals surface area contributed by atoms with E-state index in [4.69, 9.17) is 23.2 Å². The van der Waals surface area contributed by atoms with Crippen LogP contribution < -0.4 is 10.9 Å². The molecule has 0 saturated heterocycles. The van der Waals surface area contributed by atoms with E-state index in [1.807, 2.05) is 0 Å². The predicted molar refractivity (Wildman–Crippen MR) is 103 cm³/mol. The molecular formula is C18H10Cl2FN5O. The molecule has 0 bridgehead atoms. The van der Waals surface area contributed by atoms with Crippen molar-refractivity contribution in [3.05, 3.63) is 81.1 Å². The van der Waals surface area contributed by atoms with Crippen molar-refractivity contribution in [2.24, 2.45) is 0 Å². The molecule has 27 heavy (non-hydrogen) atoms. The number of nitrogens with zero attached hydrogens (tertiary/aromatic N) is 4. The highest BCUT2D eigenvalue weighted by Crippen LogP contribution is 2.27. The van der Waals surface area contributed by atoms with Gasteiger partial charge in [0, 0.05) is 5.02 Å². The summed E-state index contributed by atoms with van der Waals surface area (Å²) in [5.41, 5.74) is 0.943. The zero-order valence-electron chi connectivity index (χ0n) is 13.5. The summed E-state index contributed by atoms with van der Waals surface area (Å²) >= 11 is 12.1. The molecule has 0 aliphatic carbocycles. The van der Waals surface area contributed by atoms with Gasteiger partial charge in [-0.3, -0.25) is 4.79 Å². The highest BCUT2D eigenvalue weighted by atomic mass is 35.5. The molecule has 1 N–H and O–H groups in total. The molecule has 6 nitrogen and oxygen atoms in total. The first-order chi connectivity index (χ1) is 13.0. The maximum atomic E-state index is 13.3. The summed E-state index contributed by atoms with van der Waals surface area (Å²) in [4.78, 5) is 17.6. The van der Waals surface area contributed by atoms with Crippen LogP contribution in [0.15, 0.2) is 59.7 Å². The van der Waals surface area contributed by atoms with Gasteiger partial charge in [-0.25, -0.2) is 13.9 Å². The monoisotopic (exact) mass is 401 g/mol. The zero-order valence-corrected chi connectivity index (χ0v) is 15.0. The Morgan fingerprint density at radius 1 is 1.04 bits per heavy atom. The SMILES string of the molecule is O=c1c2cc(Cl)ccc2nc(Nc2ccc(F)cc2Cl)n1-c1ccnnc1. The van der Waals surface area contributed by atoms with E-state index in [1.165, 1.54) is 35.2 Å². The van der Waals surface area contributed by atoms with Crippen LogP contribution in [-0.4, -0.2) is 19.7 Å². The van der Waals surface area contributed by atoms with Gasteiger partial charge in [0.05, 0.1) is 39.7 Å². The third-order valence-corrected chi connectivity index (χ3v) is 4.38. The van der Waals surface area contributed by atoms with E-state index >= 15 is 0 Å². The Labute approximate surface area is 162 Å². The van der Waals surface area contributed by atoms with E-state index in [-0.39, 0.29) is 16.5 Å². The maximum absolute atomic E-state index is 13.3. The van der Waals surface area contributed by atoms with Gasteiger partial charge >= 0.3 is 0 Å². The lowest BCUT2D eigenvalue weighted by molar-refractivity contribution is 0.628. The van der Waals surface area contributed by atoms with Crippen LogP contribution in [0.2, 0.25) is 10.0 Å². The number of nitrogens with one attached hydrogen (secondary N) is 1. The van der Waals surface area contributed by atoms with Gasteiger partial charge in [-0.05, 0) is 42.5 Å². The maximum Gasteiger partial charge on any atom is 0.267 e.